The Morgan fingerprint density at radius 3 is 2.88 bits per heavy atom. The van der Waals surface area contributed by atoms with Crippen molar-refractivity contribution in [2.75, 3.05) is 6.61 Å². The molecule has 4 nitrogen and oxygen atoms in total. The van der Waals surface area contributed by atoms with Gasteiger partial charge in [-0.05, 0) is 13.3 Å². The zero-order valence-electron chi connectivity index (χ0n) is 11.0. The average molecular weight is 238 g/mol. The molecule has 0 saturated heterocycles. The van der Waals surface area contributed by atoms with E-state index in [0.717, 1.165) is 30.8 Å². The van der Waals surface area contributed by atoms with Crippen molar-refractivity contribution >= 4 is 5.97 Å². The van der Waals surface area contributed by atoms with Crippen molar-refractivity contribution in [1.29, 1.82) is 0 Å². The first-order valence-corrected chi connectivity index (χ1v) is 6.35. The number of carbonyl (C=O) groups is 1. The molecule has 0 N–H and O–H groups in total. The summed E-state index contributed by atoms with van der Waals surface area (Å²) in [7, 11) is 0. The molecule has 0 aliphatic heterocycles. The van der Waals surface area contributed by atoms with E-state index in [2.05, 4.69) is 18.8 Å². The fourth-order valence-corrected chi connectivity index (χ4v) is 1.69. The lowest BCUT2D eigenvalue weighted by molar-refractivity contribution is -0.144. The minimum Gasteiger partial charge on any atom is -0.466 e. The highest BCUT2D eigenvalue weighted by Crippen LogP contribution is 2.05. The second kappa shape index (κ2) is 7.09. The van der Waals surface area contributed by atoms with Crippen LogP contribution in [0.25, 0.3) is 0 Å². The molecule has 0 aliphatic rings. The molecular weight excluding hydrogens is 216 g/mol. The Morgan fingerprint density at radius 2 is 2.24 bits per heavy atom. The van der Waals surface area contributed by atoms with Crippen LogP contribution in [0.1, 0.15) is 44.6 Å². The van der Waals surface area contributed by atoms with Gasteiger partial charge >= 0.3 is 5.97 Å². The summed E-state index contributed by atoms with van der Waals surface area (Å²) in [5, 5.41) is 0. The first kappa shape index (κ1) is 13.7. The van der Waals surface area contributed by atoms with Crippen LogP contribution < -0.4 is 0 Å². The molecule has 0 spiro atoms. The Morgan fingerprint density at radius 1 is 1.47 bits per heavy atom. The van der Waals surface area contributed by atoms with Crippen molar-refractivity contribution in [3.8, 4) is 0 Å². The van der Waals surface area contributed by atoms with Gasteiger partial charge in [0.05, 0.1) is 18.7 Å². The third-order valence-electron chi connectivity index (χ3n) is 2.61. The second-order valence-electron chi connectivity index (χ2n) is 4.17. The van der Waals surface area contributed by atoms with Gasteiger partial charge in [-0.2, -0.15) is 0 Å². The van der Waals surface area contributed by atoms with Gasteiger partial charge in [0, 0.05) is 19.2 Å². The summed E-state index contributed by atoms with van der Waals surface area (Å²) in [6, 6.07) is 0. The van der Waals surface area contributed by atoms with Crippen LogP contribution in [-0.2, 0) is 22.5 Å². The van der Waals surface area contributed by atoms with Gasteiger partial charge in [-0.25, -0.2) is 4.98 Å². The highest BCUT2D eigenvalue weighted by Gasteiger charge is 2.07. The lowest BCUT2D eigenvalue weighted by Crippen LogP contribution is -2.11. The molecule has 0 radical (unpaired) electrons. The minimum absolute atomic E-state index is 0.119. The van der Waals surface area contributed by atoms with Gasteiger partial charge in [-0.3, -0.25) is 4.79 Å². The molecule has 0 aliphatic carbocycles. The van der Waals surface area contributed by atoms with Crippen LogP contribution in [0.2, 0.25) is 0 Å². The molecule has 0 fully saturated rings. The normalized spacial score (nSPS) is 10.5. The number of imidazole rings is 1. The Labute approximate surface area is 103 Å². The van der Waals surface area contributed by atoms with Gasteiger partial charge in [0.2, 0.25) is 0 Å². The third kappa shape index (κ3) is 4.59. The largest absolute Gasteiger partial charge is 0.466 e. The van der Waals surface area contributed by atoms with Gasteiger partial charge in [0.15, 0.2) is 0 Å². The lowest BCUT2D eigenvalue weighted by atomic mass is 10.3. The van der Waals surface area contributed by atoms with Crippen LogP contribution in [-0.4, -0.2) is 22.1 Å². The predicted molar refractivity (Wildman–Crippen MR) is 66.8 cm³/mol. The summed E-state index contributed by atoms with van der Waals surface area (Å²) < 4.78 is 7.15. The van der Waals surface area contributed by atoms with Crippen molar-refractivity contribution in [1.82, 2.24) is 9.55 Å². The van der Waals surface area contributed by atoms with Crippen molar-refractivity contribution in [3.05, 3.63) is 17.7 Å². The van der Waals surface area contributed by atoms with Gasteiger partial charge < -0.3 is 9.30 Å². The fraction of sp³-hybridized carbons (Fsp3) is 0.692. The third-order valence-corrected chi connectivity index (χ3v) is 2.61. The molecule has 1 heterocycles. The Bertz CT molecular complexity index is 358. The number of carbonyl (C=O) groups excluding carboxylic acids is 1. The van der Waals surface area contributed by atoms with Gasteiger partial charge in [0.1, 0.15) is 5.82 Å². The number of unbranched alkanes of at least 4 members (excludes halogenated alkanes) is 1. The molecule has 0 atom stereocenters. The van der Waals surface area contributed by atoms with E-state index in [4.69, 9.17) is 4.74 Å². The average Bonchev–Trinajstić information content (AvgIpc) is 2.67. The molecule has 17 heavy (non-hydrogen) atoms. The maximum Gasteiger partial charge on any atom is 0.307 e. The molecule has 0 amide bonds. The highest BCUT2D eigenvalue weighted by atomic mass is 16.5. The van der Waals surface area contributed by atoms with Crippen molar-refractivity contribution < 1.29 is 9.53 Å². The van der Waals surface area contributed by atoms with E-state index in [-0.39, 0.29) is 5.97 Å². The van der Waals surface area contributed by atoms with E-state index in [1.807, 2.05) is 17.7 Å². The Hall–Kier alpha value is -1.32. The summed E-state index contributed by atoms with van der Waals surface area (Å²) in [5.74, 6) is 0.913. The summed E-state index contributed by atoms with van der Waals surface area (Å²) in [4.78, 5) is 15.8. The standard InChI is InChI=1S/C13H22N2O2/c1-4-6-9-17-13(16)7-8-15-10-11(3)14-12(15)5-2/h10H,4-9H2,1-3H3. The molecule has 4 heteroatoms. The molecule has 0 saturated carbocycles. The van der Waals surface area contributed by atoms with Gasteiger partial charge in [0.25, 0.3) is 0 Å². The second-order valence-corrected chi connectivity index (χ2v) is 4.17. The number of nitrogens with zero attached hydrogens (tertiary/aromatic N) is 2. The Balaban J connectivity index is 2.36. The number of hydrogen-bond acceptors (Lipinski definition) is 3. The Kier molecular flexibility index (Phi) is 5.73. The van der Waals surface area contributed by atoms with E-state index in [1.165, 1.54) is 0 Å². The molecule has 1 aromatic rings. The minimum atomic E-state index is -0.119. The predicted octanol–water partition coefficient (Wildman–Crippen LogP) is 2.49. The maximum absolute atomic E-state index is 11.4. The van der Waals surface area contributed by atoms with E-state index < -0.39 is 0 Å². The molecular formula is C13H22N2O2. The molecule has 96 valence electrons. The van der Waals surface area contributed by atoms with Gasteiger partial charge in [-0.1, -0.05) is 20.3 Å². The van der Waals surface area contributed by atoms with E-state index in [0.29, 0.717) is 19.6 Å². The first-order valence-electron chi connectivity index (χ1n) is 6.35. The number of hydrogen-bond donors (Lipinski definition) is 0. The molecule has 0 unspecified atom stereocenters. The van der Waals surface area contributed by atoms with Crippen LogP contribution >= 0.6 is 0 Å². The molecule has 1 rings (SSSR count). The summed E-state index contributed by atoms with van der Waals surface area (Å²) in [6.45, 7) is 7.32. The summed E-state index contributed by atoms with van der Waals surface area (Å²) in [5.41, 5.74) is 1.00. The van der Waals surface area contributed by atoms with Crippen LogP contribution in [0.4, 0.5) is 0 Å². The van der Waals surface area contributed by atoms with Crippen molar-refractivity contribution in [3.63, 3.8) is 0 Å². The SMILES string of the molecule is CCCCOC(=O)CCn1cc(C)nc1CC. The zero-order valence-corrected chi connectivity index (χ0v) is 11.0. The highest BCUT2D eigenvalue weighted by molar-refractivity contribution is 5.69. The number of aromatic nitrogens is 2. The van der Waals surface area contributed by atoms with Crippen LogP contribution in [0.3, 0.4) is 0 Å². The monoisotopic (exact) mass is 238 g/mol. The van der Waals surface area contributed by atoms with Gasteiger partial charge in [-0.15, -0.1) is 0 Å². The van der Waals surface area contributed by atoms with Crippen LogP contribution in [0, 0.1) is 6.92 Å². The fourth-order valence-electron chi connectivity index (χ4n) is 1.69. The lowest BCUT2D eigenvalue weighted by Gasteiger charge is -2.06. The summed E-state index contributed by atoms with van der Waals surface area (Å²) in [6.07, 6.45) is 5.29. The van der Waals surface area contributed by atoms with E-state index in [1.54, 1.807) is 0 Å². The zero-order chi connectivity index (χ0) is 12.7. The number of esters is 1. The molecule has 1 aromatic heterocycles. The number of ether oxygens (including phenoxy) is 1. The molecule has 0 bridgehead atoms. The van der Waals surface area contributed by atoms with E-state index in [9.17, 15) is 4.79 Å². The summed E-state index contributed by atoms with van der Waals surface area (Å²) >= 11 is 0. The van der Waals surface area contributed by atoms with Crippen molar-refractivity contribution in [2.24, 2.45) is 0 Å². The topological polar surface area (TPSA) is 44.1 Å². The van der Waals surface area contributed by atoms with Crippen molar-refractivity contribution in [2.45, 2.75) is 53.0 Å². The van der Waals surface area contributed by atoms with E-state index >= 15 is 0 Å². The number of aryl methyl sites for hydroxylation is 3. The maximum atomic E-state index is 11.4. The smallest absolute Gasteiger partial charge is 0.307 e. The van der Waals surface area contributed by atoms with Crippen LogP contribution in [0.15, 0.2) is 6.20 Å². The van der Waals surface area contributed by atoms with Crippen LogP contribution in [0.5, 0.6) is 0 Å². The molecule has 0 aromatic carbocycles. The number of rotatable bonds is 7. The first-order chi connectivity index (χ1) is 8.17. The quantitative estimate of drug-likeness (QED) is 0.541.